The van der Waals surface area contributed by atoms with Gasteiger partial charge in [-0.2, -0.15) is 26.3 Å². The van der Waals surface area contributed by atoms with Crippen molar-refractivity contribution in [3.05, 3.63) is 73.7 Å². The maximum Gasteiger partial charge on any atom is 0.405 e. The molecule has 14 heteroatoms. The van der Waals surface area contributed by atoms with Crippen LogP contribution in [0.5, 0.6) is 0 Å². The molecule has 36 heavy (non-hydrogen) atoms. The molecule has 0 radical (unpaired) electrons. The van der Waals surface area contributed by atoms with Crippen LogP contribution in [0, 0.1) is 6.92 Å². The average Bonchev–Trinajstić information content (AvgIpc) is 2.76. The van der Waals surface area contributed by atoms with Gasteiger partial charge in [0.2, 0.25) is 5.91 Å². The van der Waals surface area contributed by atoms with Crippen LogP contribution in [0.25, 0.3) is 5.83 Å². The third-order valence-corrected chi connectivity index (χ3v) is 5.87. The highest BCUT2D eigenvalue weighted by molar-refractivity contribution is 6.48. The van der Waals surface area contributed by atoms with Gasteiger partial charge in [0, 0.05) is 11.1 Å². The Morgan fingerprint density at radius 3 is 2.06 bits per heavy atom. The monoisotopic (exact) mass is 578 g/mol. The first-order valence-corrected chi connectivity index (χ1v) is 10.9. The molecule has 2 amide bonds. The van der Waals surface area contributed by atoms with Gasteiger partial charge in [-0.1, -0.05) is 40.9 Å². The second-order valence-corrected chi connectivity index (χ2v) is 8.63. The third-order valence-electron chi connectivity index (χ3n) is 4.67. The van der Waals surface area contributed by atoms with Crippen molar-refractivity contribution in [1.29, 1.82) is 0 Å². The molecular formula is C22H16Cl3F7N2O2. The number of alkyl halides is 6. The van der Waals surface area contributed by atoms with E-state index in [4.69, 9.17) is 34.8 Å². The average molecular weight is 580 g/mol. The van der Waals surface area contributed by atoms with Crippen molar-refractivity contribution in [1.82, 2.24) is 10.6 Å². The number of hydrogen-bond acceptors (Lipinski definition) is 2. The molecule has 0 fully saturated rings. The minimum absolute atomic E-state index is 0.0705. The van der Waals surface area contributed by atoms with Crippen molar-refractivity contribution in [3.63, 3.8) is 0 Å². The van der Waals surface area contributed by atoms with E-state index in [-0.39, 0.29) is 31.8 Å². The van der Waals surface area contributed by atoms with E-state index in [2.05, 4.69) is 5.32 Å². The number of rotatable bonds is 7. The Labute approximate surface area is 215 Å². The van der Waals surface area contributed by atoms with Crippen LogP contribution in [-0.4, -0.2) is 37.3 Å². The highest BCUT2D eigenvalue weighted by Gasteiger charge is 2.40. The molecule has 2 N–H and O–H groups in total. The Balaban J connectivity index is 2.23. The van der Waals surface area contributed by atoms with Gasteiger partial charge in [-0.15, -0.1) is 0 Å². The largest absolute Gasteiger partial charge is 0.405 e. The number of carbonyl (C=O) groups is 2. The van der Waals surface area contributed by atoms with Gasteiger partial charge < -0.3 is 10.6 Å². The minimum atomic E-state index is -4.92. The van der Waals surface area contributed by atoms with Crippen LogP contribution in [0.1, 0.15) is 33.0 Å². The third kappa shape index (κ3) is 8.28. The number of allylic oxidation sites excluding steroid dienone is 1. The molecule has 2 aromatic rings. The van der Waals surface area contributed by atoms with Crippen LogP contribution >= 0.6 is 34.8 Å². The predicted octanol–water partition coefficient (Wildman–Crippen LogP) is 7.02. The summed E-state index contributed by atoms with van der Waals surface area (Å²) in [6.07, 6.45) is -9.23. The topological polar surface area (TPSA) is 58.2 Å². The molecule has 0 heterocycles. The summed E-state index contributed by atoms with van der Waals surface area (Å²) < 4.78 is 92.2. The highest BCUT2D eigenvalue weighted by atomic mass is 35.5. The van der Waals surface area contributed by atoms with E-state index < -0.39 is 54.6 Å². The fourth-order valence-electron chi connectivity index (χ4n) is 2.96. The summed E-state index contributed by atoms with van der Waals surface area (Å²) in [5.74, 6) is -5.64. The fraction of sp³-hybridized carbons (Fsp3) is 0.273. The molecule has 0 aliphatic heterocycles. The van der Waals surface area contributed by atoms with Gasteiger partial charge in [-0.25, -0.2) is 4.39 Å². The summed E-state index contributed by atoms with van der Waals surface area (Å²) in [6, 6.07) is 5.06. The molecule has 1 atom stereocenters. The Morgan fingerprint density at radius 2 is 1.56 bits per heavy atom. The molecule has 0 aromatic heterocycles. The van der Waals surface area contributed by atoms with Gasteiger partial charge in [-0.05, 0) is 48.4 Å². The summed E-state index contributed by atoms with van der Waals surface area (Å²) >= 11 is 17.4. The van der Waals surface area contributed by atoms with Gasteiger partial charge in [0.25, 0.3) is 5.91 Å². The van der Waals surface area contributed by atoms with Crippen LogP contribution < -0.4 is 10.6 Å². The number of aryl methyl sites for hydroxylation is 1. The lowest BCUT2D eigenvalue weighted by Gasteiger charge is -2.19. The lowest BCUT2D eigenvalue weighted by atomic mass is 9.95. The van der Waals surface area contributed by atoms with E-state index in [1.54, 1.807) is 5.32 Å². The molecule has 0 bridgehead atoms. The number of nitrogens with one attached hydrogen (secondary N) is 2. The maximum atomic E-state index is 14.9. The molecule has 2 aromatic carbocycles. The van der Waals surface area contributed by atoms with Crippen LogP contribution in [0.2, 0.25) is 15.1 Å². The smallest absolute Gasteiger partial charge is 0.345 e. The van der Waals surface area contributed by atoms with Crippen LogP contribution in [0.4, 0.5) is 30.7 Å². The van der Waals surface area contributed by atoms with Crippen molar-refractivity contribution in [3.8, 4) is 0 Å². The summed E-state index contributed by atoms with van der Waals surface area (Å²) in [5, 5.41) is 3.02. The normalized spacial score (nSPS) is 13.4. The maximum absolute atomic E-state index is 14.9. The Kier molecular flexibility index (Phi) is 9.66. The van der Waals surface area contributed by atoms with Crippen molar-refractivity contribution in [2.75, 3.05) is 13.1 Å². The van der Waals surface area contributed by atoms with E-state index in [1.165, 1.54) is 6.92 Å². The van der Waals surface area contributed by atoms with Crippen molar-refractivity contribution in [2.24, 2.45) is 0 Å². The number of amides is 2. The second-order valence-electron chi connectivity index (χ2n) is 7.44. The van der Waals surface area contributed by atoms with Gasteiger partial charge in [0.1, 0.15) is 18.3 Å². The lowest BCUT2D eigenvalue weighted by molar-refractivity contribution is -0.139. The fourth-order valence-corrected chi connectivity index (χ4v) is 3.57. The zero-order valence-electron chi connectivity index (χ0n) is 18.1. The molecule has 1 unspecified atom stereocenters. The first-order valence-electron chi connectivity index (χ1n) is 9.80. The SMILES string of the molecule is Cc1cc(/C(F)=C/C(c2cc(Cl)c(Cl)c(Cl)c2)C(F)(F)F)ccc1C(=O)NCC(=O)NCC(F)(F)F. The zero-order valence-corrected chi connectivity index (χ0v) is 20.3. The zero-order chi connectivity index (χ0) is 27.4. The molecule has 0 aliphatic rings. The van der Waals surface area contributed by atoms with E-state index in [0.717, 1.165) is 30.3 Å². The number of halogens is 10. The molecule has 0 saturated carbocycles. The van der Waals surface area contributed by atoms with E-state index >= 15 is 0 Å². The molecule has 0 saturated heterocycles. The van der Waals surface area contributed by atoms with E-state index in [1.807, 2.05) is 0 Å². The lowest BCUT2D eigenvalue weighted by Crippen LogP contribution is -2.41. The van der Waals surface area contributed by atoms with E-state index in [9.17, 15) is 40.3 Å². The highest BCUT2D eigenvalue weighted by Crippen LogP contribution is 2.42. The Bertz CT molecular complexity index is 1160. The van der Waals surface area contributed by atoms with Crippen molar-refractivity contribution < 1.29 is 40.3 Å². The molecule has 0 spiro atoms. The van der Waals surface area contributed by atoms with Gasteiger partial charge >= 0.3 is 12.4 Å². The first-order chi connectivity index (χ1) is 16.5. The number of hydrogen-bond donors (Lipinski definition) is 2. The van der Waals surface area contributed by atoms with Crippen LogP contribution in [0.15, 0.2) is 36.4 Å². The molecular weight excluding hydrogens is 564 g/mol. The second kappa shape index (κ2) is 11.7. The number of benzene rings is 2. The molecule has 2 rings (SSSR count). The summed E-state index contributed by atoms with van der Waals surface area (Å²) in [7, 11) is 0. The molecule has 196 valence electrons. The predicted molar refractivity (Wildman–Crippen MR) is 122 cm³/mol. The standard InChI is InChI=1S/C22H16Cl3F7N2O2/c1-10-4-11(2-3-13(10)20(36)33-8-18(35)34-9-21(27,28)29)17(26)7-14(22(30,31)32)12-5-15(23)19(25)16(24)6-12/h2-7,14H,8-9H2,1H3,(H,33,36)(H,34,35)/b17-7-. The Morgan fingerprint density at radius 1 is 0.972 bits per heavy atom. The van der Waals surface area contributed by atoms with Crippen LogP contribution in [0.3, 0.4) is 0 Å². The number of carbonyl (C=O) groups excluding carboxylic acids is 2. The quantitative estimate of drug-likeness (QED) is 0.274. The first kappa shape index (κ1) is 29.7. The van der Waals surface area contributed by atoms with Crippen LogP contribution in [-0.2, 0) is 4.79 Å². The summed E-state index contributed by atoms with van der Waals surface area (Å²) in [6.45, 7) is -0.979. The Hall–Kier alpha value is -2.50. The van der Waals surface area contributed by atoms with Crippen molar-refractivity contribution in [2.45, 2.75) is 25.2 Å². The van der Waals surface area contributed by atoms with Gasteiger partial charge in [-0.3, -0.25) is 9.59 Å². The summed E-state index contributed by atoms with van der Waals surface area (Å²) in [4.78, 5) is 23.6. The van der Waals surface area contributed by atoms with Crippen molar-refractivity contribution >= 4 is 52.4 Å². The molecule has 4 nitrogen and oxygen atoms in total. The van der Waals surface area contributed by atoms with E-state index in [0.29, 0.717) is 6.08 Å². The minimum Gasteiger partial charge on any atom is -0.345 e. The summed E-state index contributed by atoms with van der Waals surface area (Å²) in [5.41, 5.74) is -0.676. The van der Waals surface area contributed by atoms with Gasteiger partial charge in [0.05, 0.1) is 21.6 Å². The molecule has 0 aliphatic carbocycles. The van der Waals surface area contributed by atoms with Gasteiger partial charge in [0.15, 0.2) is 0 Å².